The van der Waals surface area contributed by atoms with E-state index in [9.17, 15) is 0 Å². The number of hydrogen-bond acceptors (Lipinski definition) is 5. The quantitative estimate of drug-likeness (QED) is 0.858. The lowest BCUT2D eigenvalue weighted by molar-refractivity contribution is 0.0246. The van der Waals surface area contributed by atoms with Gasteiger partial charge in [0.25, 0.3) is 0 Å². The average molecular weight is 239 g/mol. The van der Waals surface area contributed by atoms with Crippen LogP contribution in [0.4, 0.5) is 0 Å². The molecule has 0 aromatic carbocycles. The van der Waals surface area contributed by atoms with Crippen molar-refractivity contribution in [2.75, 3.05) is 19.7 Å². The van der Waals surface area contributed by atoms with Gasteiger partial charge in [-0.2, -0.15) is 4.98 Å². The zero-order chi connectivity index (χ0) is 12.3. The maximum atomic E-state index is 5.60. The number of rotatable bonds is 3. The third kappa shape index (κ3) is 4.09. The van der Waals surface area contributed by atoms with Crippen LogP contribution in [0.25, 0.3) is 0 Å². The van der Waals surface area contributed by atoms with Crippen molar-refractivity contribution in [2.24, 2.45) is 5.41 Å². The van der Waals surface area contributed by atoms with Crippen LogP contribution in [0, 0.1) is 5.41 Å². The highest BCUT2D eigenvalue weighted by molar-refractivity contribution is 4.92. The van der Waals surface area contributed by atoms with Gasteiger partial charge < -0.3 is 14.6 Å². The van der Waals surface area contributed by atoms with Crippen LogP contribution >= 0.6 is 0 Å². The normalized spacial score (nSPS) is 21.7. The molecule has 1 fully saturated rings. The number of hydrogen-bond donors (Lipinski definition) is 1. The molecule has 0 amide bonds. The fourth-order valence-electron chi connectivity index (χ4n) is 1.86. The van der Waals surface area contributed by atoms with Crippen LogP contribution in [0.5, 0.6) is 0 Å². The van der Waals surface area contributed by atoms with Crippen LogP contribution in [0.15, 0.2) is 4.52 Å². The third-order valence-corrected chi connectivity index (χ3v) is 2.61. The van der Waals surface area contributed by atoms with Gasteiger partial charge in [-0.15, -0.1) is 0 Å². The molecule has 1 atom stereocenters. The molecular weight excluding hydrogens is 218 g/mol. The van der Waals surface area contributed by atoms with Crippen molar-refractivity contribution in [1.82, 2.24) is 15.5 Å². The summed E-state index contributed by atoms with van der Waals surface area (Å²) in [7, 11) is 0. The molecule has 0 bridgehead atoms. The molecule has 1 aliphatic heterocycles. The fraction of sp³-hybridized carbons (Fsp3) is 0.833. The van der Waals surface area contributed by atoms with E-state index in [-0.39, 0.29) is 11.5 Å². The second kappa shape index (κ2) is 5.14. The Morgan fingerprint density at radius 3 is 2.88 bits per heavy atom. The number of morpholine rings is 1. The maximum absolute atomic E-state index is 5.60. The third-order valence-electron chi connectivity index (χ3n) is 2.61. The predicted octanol–water partition coefficient (Wildman–Crippen LogP) is 1.19. The summed E-state index contributed by atoms with van der Waals surface area (Å²) in [5, 5.41) is 7.29. The molecule has 1 unspecified atom stereocenters. The van der Waals surface area contributed by atoms with E-state index in [0.717, 1.165) is 31.9 Å². The van der Waals surface area contributed by atoms with Crippen molar-refractivity contribution in [3.63, 3.8) is 0 Å². The molecule has 0 saturated carbocycles. The van der Waals surface area contributed by atoms with Gasteiger partial charge in [-0.05, 0) is 5.41 Å². The van der Waals surface area contributed by atoms with Crippen molar-refractivity contribution < 1.29 is 9.26 Å². The van der Waals surface area contributed by atoms with Crippen LogP contribution in [0.2, 0.25) is 0 Å². The van der Waals surface area contributed by atoms with Crippen LogP contribution in [-0.2, 0) is 17.6 Å². The van der Waals surface area contributed by atoms with Gasteiger partial charge in [0.05, 0.1) is 19.1 Å². The van der Waals surface area contributed by atoms with E-state index >= 15 is 0 Å². The Morgan fingerprint density at radius 2 is 2.24 bits per heavy atom. The van der Waals surface area contributed by atoms with Gasteiger partial charge in [0.15, 0.2) is 5.82 Å². The molecule has 1 aromatic rings. The van der Waals surface area contributed by atoms with Crippen molar-refractivity contribution in [2.45, 2.75) is 39.7 Å². The van der Waals surface area contributed by atoms with E-state index in [1.54, 1.807) is 0 Å². The van der Waals surface area contributed by atoms with Crippen molar-refractivity contribution in [3.8, 4) is 0 Å². The molecule has 1 aliphatic rings. The molecule has 5 nitrogen and oxygen atoms in total. The molecule has 0 spiro atoms. The van der Waals surface area contributed by atoms with E-state index in [2.05, 4.69) is 36.2 Å². The molecule has 96 valence electrons. The van der Waals surface area contributed by atoms with Gasteiger partial charge in [-0.3, -0.25) is 0 Å². The van der Waals surface area contributed by atoms with Crippen LogP contribution in [0.3, 0.4) is 0 Å². The molecule has 17 heavy (non-hydrogen) atoms. The SMILES string of the molecule is CC(C)(C)Cc1noc(CC2CNCCO2)n1. The minimum absolute atomic E-state index is 0.159. The van der Waals surface area contributed by atoms with Gasteiger partial charge >= 0.3 is 0 Å². The van der Waals surface area contributed by atoms with Crippen LogP contribution < -0.4 is 5.32 Å². The second-order valence-corrected chi connectivity index (χ2v) is 5.74. The minimum atomic E-state index is 0.159. The highest BCUT2D eigenvalue weighted by Gasteiger charge is 2.20. The second-order valence-electron chi connectivity index (χ2n) is 5.74. The van der Waals surface area contributed by atoms with E-state index in [4.69, 9.17) is 9.26 Å². The molecule has 0 aliphatic carbocycles. The van der Waals surface area contributed by atoms with E-state index in [0.29, 0.717) is 12.3 Å². The summed E-state index contributed by atoms with van der Waals surface area (Å²) in [5.41, 5.74) is 0.185. The molecule has 1 saturated heterocycles. The Morgan fingerprint density at radius 1 is 1.41 bits per heavy atom. The van der Waals surface area contributed by atoms with Gasteiger partial charge in [-0.25, -0.2) is 0 Å². The highest BCUT2D eigenvalue weighted by atomic mass is 16.5. The lowest BCUT2D eigenvalue weighted by atomic mass is 9.92. The molecule has 2 heterocycles. The Balaban J connectivity index is 1.89. The van der Waals surface area contributed by atoms with Gasteiger partial charge in [0.1, 0.15) is 0 Å². The lowest BCUT2D eigenvalue weighted by Crippen LogP contribution is -2.39. The summed E-state index contributed by atoms with van der Waals surface area (Å²) in [6, 6.07) is 0. The number of ether oxygens (including phenoxy) is 1. The van der Waals surface area contributed by atoms with Gasteiger partial charge in [-0.1, -0.05) is 25.9 Å². The molecular formula is C12H21N3O2. The molecule has 0 radical (unpaired) electrons. The minimum Gasteiger partial charge on any atom is -0.375 e. The first-order chi connectivity index (χ1) is 8.03. The lowest BCUT2D eigenvalue weighted by Gasteiger charge is -2.21. The zero-order valence-corrected chi connectivity index (χ0v) is 10.8. The summed E-state index contributed by atoms with van der Waals surface area (Å²) >= 11 is 0. The number of nitrogens with zero attached hydrogens (tertiary/aromatic N) is 2. The smallest absolute Gasteiger partial charge is 0.229 e. The van der Waals surface area contributed by atoms with Crippen molar-refractivity contribution >= 4 is 0 Å². The first-order valence-electron chi connectivity index (χ1n) is 6.17. The van der Waals surface area contributed by atoms with Gasteiger partial charge in [0.2, 0.25) is 5.89 Å². The average Bonchev–Trinajstić information content (AvgIpc) is 2.64. The van der Waals surface area contributed by atoms with E-state index in [1.807, 2.05) is 0 Å². The maximum Gasteiger partial charge on any atom is 0.229 e. The van der Waals surface area contributed by atoms with Crippen LogP contribution in [-0.4, -0.2) is 35.9 Å². The van der Waals surface area contributed by atoms with Gasteiger partial charge in [0, 0.05) is 19.5 Å². The van der Waals surface area contributed by atoms with Crippen molar-refractivity contribution in [3.05, 3.63) is 11.7 Å². The monoisotopic (exact) mass is 239 g/mol. The summed E-state index contributed by atoms with van der Waals surface area (Å²) < 4.78 is 10.8. The first kappa shape index (κ1) is 12.5. The highest BCUT2D eigenvalue weighted by Crippen LogP contribution is 2.18. The van der Waals surface area contributed by atoms with Crippen LogP contribution in [0.1, 0.15) is 32.5 Å². The van der Waals surface area contributed by atoms with E-state index < -0.39 is 0 Å². The standard InChI is InChI=1S/C12H21N3O2/c1-12(2,3)7-10-14-11(17-15-10)6-9-8-13-4-5-16-9/h9,13H,4-8H2,1-3H3. The summed E-state index contributed by atoms with van der Waals surface area (Å²) in [6.45, 7) is 9.03. The Kier molecular flexibility index (Phi) is 3.79. The molecule has 2 rings (SSSR count). The summed E-state index contributed by atoms with van der Waals surface area (Å²) in [5.74, 6) is 1.47. The topological polar surface area (TPSA) is 60.2 Å². The Labute approximate surface area is 102 Å². The van der Waals surface area contributed by atoms with Crippen molar-refractivity contribution in [1.29, 1.82) is 0 Å². The zero-order valence-electron chi connectivity index (χ0n) is 10.8. The number of nitrogens with one attached hydrogen (secondary N) is 1. The fourth-order valence-corrected chi connectivity index (χ4v) is 1.86. The predicted molar refractivity (Wildman–Crippen MR) is 63.8 cm³/mol. The molecule has 1 aromatic heterocycles. The Bertz CT molecular complexity index is 351. The molecule has 1 N–H and O–H groups in total. The number of aromatic nitrogens is 2. The van der Waals surface area contributed by atoms with E-state index in [1.165, 1.54) is 0 Å². The molecule has 5 heteroatoms. The summed E-state index contributed by atoms with van der Waals surface area (Å²) in [6.07, 6.45) is 1.69. The summed E-state index contributed by atoms with van der Waals surface area (Å²) in [4.78, 5) is 4.40. The first-order valence-corrected chi connectivity index (χ1v) is 6.17. The largest absolute Gasteiger partial charge is 0.375 e. The Hall–Kier alpha value is -0.940.